The zero-order valence-corrected chi connectivity index (χ0v) is 10.6. The van der Waals surface area contributed by atoms with Crippen LogP contribution in [0.15, 0.2) is 0 Å². The van der Waals surface area contributed by atoms with Gasteiger partial charge in [0.2, 0.25) is 11.8 Å². The van der Waals surface area contributed by atoms with Gasteiger partial charge in [-0.05, 0) is 7.05 Å². The first-order valence-electron chi connectivity index (χ1n) is 5.97. The predicted molar refractivity (Wildman–Crippen MR) is 65.3 cm³/mol. The Bertz CT molecular complexity index is 277. The molecular weight excluding hydrogens is 220 g/mol. The highest BCUT2D eigenvalue weighted by Gasteiger charge is 2.19. The van der Waals surface area contributed by atoms with Gasteiger partial charge in [-0.15, -0.1) is 0 Å². The summed E-state index contributed by atoms with van der Waals surface area (Å²) in [4.78, 5) is 26.5. The Hall–Kier alpha value is -1.14. The van der Waals surface area contributed by atoms with Crippen LogP contribution >= 0.6 is 0 Å². The molecule has 2 amide bonds. The first kappa shape index (κ1) is 13.9. The number of hydrogen-bond acceptors (Lipinski definition) is 4. The molecule has 6 nitrogen and oxygen atoms in total. The number of primary amides is 1. The van der Waals surface area contributed by atoms with E-state index in [1.165, 1.54) is 0 Å². The molecule has 1 aliphatic heterocycles. The van der Waals surface area contributed by atoms with E-state index in [1.54, 1.807) is 6.92 Å². The SMILES string of the molecule is CC(CN(C)CC(=O)N1CCNCC1)C(N)=O. The van der Waals surface area contributed by atoms with Gasteiger partial charge in [0.05, 0.1) is 6.54 Å². The van der Waals surface area contributed by atoms with Crippen molar-refractivity contribution in [1.82, 2.24) is 15.1 Å². The van der Waals surface area contributed by atoms with Gasteiger partial charge in [-0.2, -0.15) is 0 Å². The normalized spacial score (nSPS) is 18.2. The molecule has 98 valence electrons. The van der Waals surface area contributed by atoms with E-state index in [1.807, 2.05) is 16.8 Å². The highest BCUT2D eigenvalue weighted by atomic mass is 16.2. The molecule has 0 radical (unpaired) electrons. The Kier molecular flexibility index (Phi) is 5.37. The van der Waals surface area contributed by atoms with Crippen molar-refractivity contribution >= 4 is 11.8 Å². The lowest BCUT2D eigenvalue weighted by Crippen LogP contribution is -2.49. The molecule has 3 N–H and O–H groups in total. The van der Waals surface area contributed by atoms with Crippen LogP contribution in [-0.4, -0.2) is 67.9 Å². The van der Waals surface area contributed by atoms with Crippen molar-refractivity contribution in [2.24, 2.45) is 11.7 Å². The molecule has 0 aromatic heterocycles. The first-order chi connectivity index (χ1) is 8.00. The fraction of sp³-hybridized carbons (Fsp3) is 0.818. The second kappa shape index (κ2) is 6.56. The molecule has 17 heavy (non-hydrogen) atoms. The van der Waals surface area contributed by atoms with Crippen LogP contribution in [0, 0.1) is 5.92 Å². The molecular formula is C11H22N4O2. The van der Waals surface area contributed by atoms with Crippen molar-refractivity contribution < 1.29 is 9.59 Å². The summed E-state index contributed by atoms with van der Waals surface area (Å²) in [7, 11) is 1.83. The van der Waals surface area contributed by atoms with Crippen molar-refractivity contribution in [3.8, 4) is 0 Å². The van der Waals surface area contributed by atoms with Gasteiger partial charge in [0.1, 0.15) is 0 Å². The summed E-state index contributed by atoms with van der Waals surface area (Å²) in [5, 5.41) is 3.20. The topological polar surface area (TPSA) is 78.7 Å². The number of rotatable bonds is 5. The number of piperazine rings is 1. The van der Waals surface area contributed by atoms with Crippen molar-refractivity contribution in [2.75, 3.05) is 46.3 Å². The highest BCUT2D eigenvalue weighted by Crippen LogP contribution is 1.99. The maximum Gasteiger partial charge on any atom is 0.236 e. The van der Waals surface area contributed by atoms with Crippen LogP contribution in [-0.2, 0) is 9.59 Å². The molecule has 0 saturated carbocycles. The lowest BCUT2D eigenvalue weighted by Gasteiger charge is -2.29. The van der Waals surface area contributed by atoms with E-state index in [0.29, 0.717) is 13.1 Å². The van der Waals surface area contributed by atoms with Gasteiger partial charge >= 0.3 is 0 Å². The van der Waals surface area contributed by atoms with Crippen LogP contribution < -0.4 is 11.1 Å². The number of likely N-dealkylation sites (N-methyl/N-ethyl adjacent to an activating group) is 1. The highest BCUT2D eigenvalue weighted by molar-refractivity contribution is 5.79. The molecule has 0 aliphatic carbocycles. The smallest absolute Gasteiger partial charge is 0.236 e. The monoisotopic (exact) mass is 242 g/mol. The van der Waals surface area contributed by atoms with E-state index in [-0.39, 0.29) is 17.7 Å². The minimum absolute atomic E-state index is 0.116. The number of nitrogens with two attached hydrogens (primary N) is 1. The molecule has 1 rings (SSSR count). The Morgan fingerprint density at radius 1 is 1.41 bits per heavy atom. The van der Waals surface area contributed by atoms with E-state index in [2.05, 4.69) is 5.32 Å². The van der Waals surface area contributed by atoms with Crippen molar-refractivity contribution in [1.29, 1.82) is 0 Å². The summed E-state index contributed by atoms with van der Waals surface area (Å²) in [6, 6.07) is 0. The van der Waals surface area contributed by atoms with Gasteiger partial charge in [0.25, 0.3) is 0 Å². The minimum atomic E-state index is -0.327. The zero-order chi connectivity index (χ0) is 12.8. The van der Waals surface area contributed by atoms with E-state index in [0.717, 1.165) is 26.2 Å². The lowest BCUT2D eigenvalue weighted by atomic mass is 10.1. The molecule has 1 aliphatic rings. The molecule has 1 fully saturated rings. The summed E-state index contributed by atoms with van der Waals surface area (Å²) in [5.74, 6) is -0.437. The average molecular weight is 242 g/mol. The van der Waals surface area contributed by atoms with Crippen LogP contribution in [0.4, 0.5) is 0 Å². The Morgan fingerprint density at radius 3 is 2.53 bits per heavy atom. The summed E-state index contributed by atoms with van der Waals surface area (Å²) in [6.07, 6.45) is 0. The number of nitrogens with zero attached hydrogens (tertiary/aromatic N) is 2. The molecule has 1 heterocycles. The zero-order valence-electron chi connectivity index (χ0n) is 10.6. The van der Waals surface area contributed by atoms with E-state index in [4.69, 9.17) is 5.73 Å². The average Bonchev–Trinajstić information content (AvgIpc) is 2.29. The van der Waals surface area contributed by atoms with E-state index < -0.39 is 0 Å². The molecule has 1 atom stereocenters. The number of hydrogen-bond donors (Lipinski definition) is 2. The van der Waals surface area contributed by atoms with E-state index in [9.17, 15) is 9.59 Å². The molecule has 6 heteroatoms. The number of carbonyl (C=O) groups is 2. The van der Waals surface area contributed by atoms with Crippen LogP contribution in [0.25, 0.3) is 0 Å². The van der Waals surface area contributed by atoms with Crippen LogP contribution in [0.3, 0.4) is 0 Å². The first-order valence-corrected chi connectivity index (χ1v) is 5.97. The summed E-state index contributed by atoms with van der Waals surface area (Å²) in [6.45, 7) is 5.87. The third-order valence-electron chi connectivity index (χ3n) is 2.95. The fourth-order valence-electron chi connectivity index (χ4n) is 1.87. The summed E-state index contributed by atoms with van der Waals surface area (Å²) in [5.41, 5.74) is 5.19. The Morgan fingerprint density at radius 2 is 2.00 bits per heavy atom. The maximum absolute atomic E-state index is 11.9. The van der Waals surface area contributed by atoms with Gasteiger partial charge in [-0.25, -0.2) is 0 Å². The quantitative estimate of drug-likeness (QED) is 0.613. The third kappa shape index (κ3) is 4.70. The van der Waals surface area contributed by atoms with Crippen LogP contribution in [0.2, 0.25) is 0 Å². The predicted octanol–water partition coefficient (Wildman–Crippen LogP) is -1.53. The second-order valence-corrected chi connectivity index (χ2v) is 4.63. The lowest BCUT2D eigenvalue weighted by molar-refractivity contribution is -0.133. The molecule has 0 aromatic carbocycles. The van der Waals surface area contributed by atoms with Gasteiger partial charge in [0, 0.05) is 38.6 Å². The Labute approximate surface area is 102 Å². The third-order valence-corrected chi connectivity index (χ3v) is 2.95. The van der Waals surface area contributed by atoms with Gasteiger partial charge in [-0.1, -0.05) is 6.92 Å². The van der Waals surface area contributed by atoms with Crippen LogP contribution in [0.5, 0.6) is 0 Å². The summed E-state index contributed by atoms with van der Waals surface area (Å²) < 4.78 is 0. The number of amides is 2. The van der Waals surface area contributed by atoms with E-state index >= 15 is 0 Å². The fourth-order valence-corrected chi connectivity index (χ4v) is 1.87. The number of carbonyl (C=O) groups excluding carboxylic acids is 2. The molecule has 0 bridgehead atoms. The van der Waals surface area contributed by atoms with Gasteiger partial charge in [0.15, 0.2) is 0 Å². The van der Waals surface area contributed by atoms with Crippen LogP contribution in [0.1, 0.15) is 6.92 Å². The van der Waals surface area contributed by atoms with Gasteiger partial charge < -0.3 is 16.0 Å². The van der Waals surface area contributed by atoms with Crippen molar-refractivity contribution in [3.63, 3.8) is 0 Å². The standard InChI is InChI=1S/C11H22N4O2/c1-9(11(12)17)7-14(2)8-10(16)15-5-3-13-4-6-15/h9,13H,3-8H2,1-2H3,(H2,12,17). The van der Waals surface area contributed by atoms with Crippen molar-refractivity contribution in [2.45, 2.75) is 6.92 Å². The summed E-state index contributed by atoms with van der Waals surface area (Å²) >= 11 is 0. The number of nitrogens with one attached hydrogen (secondary N) is 1. The Balaban J connectivity index is 2.31. The minimum Gasteiger partial charge on any atom is -0.369 e. The second-order valence-electron chi connectivity index (χ2n) is 4.63. The molecule has 1 saturated heterocycles. The molecule has 0 spiro atoms. The molecule has 0 aromatic rings. The van der Waals surface area contributed by atoms with Crippen molar-refractivity contribution in [3.05, 3.63) is 0 Å². The largest absolute Gasteiger partial charge is 0.369 e. The molecule has 1 unspecified atom stereocenters. The van der Waals surface area contributed by atoms with Gasteiger partial charge in [-0.3, -0.25) is 14.5 Å². The maximum atomic E-state index is 11.9.